The highest BCUT2D eigenvalue weighted by Crippen LogP contribution is 2.36. The van der Waals surface area contributed by atoms with E-state index in [2.05, 4.69) is 14.7 Å². The fourth-order valence-corrected chi connectivity index (χ4v) is 4.16. The van der Waals surface area contributed by atoms with Crippen molar-refractivity contribution in [3.63, 3.8) is 0 Å². The number of hydrogen-bond donors (Lipinski definition) is 1. The highest BCUT2D eigenvalue weighted by Gasteiger charge is 2.32. The Bertz CT molecular complexity index is 1170. The molecule has 1 N–H and O–H groups in total. The van der Waals surface area contributed by atoms with Gasteiger partial charge in [0.15, 0.2) is 11.6 Å². The number of pyridine rings is 2. The second-order valence-electron chi connectivity index (χ2n) is 6.36. The van der Waals surface area contributed by atoms with Crippen LogP contribution in [-0.2, 0) is 16.4 Å². The summed E-state index contributed by atoms with van der Waals surface area (Å²) in [6.45, 7) is 0.0985. The Morgan fingerprint density at radius 2 is 1.83 bits per heavy atom. The van der Waals surface area contributed by atoms with Gasteiger partial charge in [-0.05, 0) is 36.4 Å². The van der Waals surface area contributed by atoms with Gasteiger partial charge in [0.1, 0.15) is 6.61 Å². The zero-order valence-corrected chi connectivity index (χ0v) is 16.1. The van der Waals surface area contributed by atoms with Gasteiger partial charge in [-0.3, -0.25) is 9.71 Å². The lowest BCUT2D eigenvalue weighted by Gasteiger charge is -2.29. The van der Waals surface area contributed by atoms with E-state index in [1.165, 1.54) is 48.8 Å². The van der Waals surface area contributed by atoms with Gasteiger partial charge in [0.25, 0.3) is 0 Å². The molecule has 11 heteroatoms. The zero-order valence-electron chi connectivity index (χ0n) is 15.3. The van der Waals surface area contributed by atoms with Gasteiger partial charge < -0.3 is 4.74 Å². The highest BCUT2D eigenvalue weighted by molar-refractivity contribution is 7.94. The topological polar surface area (TPSA) is 84.4 Å². The summed E-state index contributed by atoms with van der Waals surface area (Å²) in [5.41, 5.74) is -0.112. The van der Waals surface area contributed by atoms with Gasteiger partial charge in [-0.15, -0.1) is 0 Å². The molecule has 0 radical (unpaired) electrons. The van der Waals surface area contributed by atoms with Crippen molar-refractivity contribution in [3.05, 3.63) is 66.5 Å². The van der Waals surface area contributed by atoms with Crippen LogP contribution in [0.1, 0.15) is 5.56 Å². The first-order chi connectivity index (χ1) is 14.2. The number of nitrogens with one attached hydrogen (secondary N) is 1. The Balaban J connectivity index is 1.72. The molecule has 0 fully saturated rings. The Kier molecular flexibility index (Phi) is 4.98. The Morgan fingerprint density at radius 3 is 2.57 bits per heavy atom. The summed E-state index contributed by atoms with van der Waals surface area (Å²) in [5.74, 6) is 0.217. The normalized spacial score (nSPS) is 14.0. The van der Waals surface area contributed by atoms with Crippen molar-refractivity contribution in [1.29, 1.82) is 0 Å². The van der Waals surface area contributed by atoms with Crippen molar-refractivity contribution in [1.82, 2.24) is 9.97 Å². The average molecular weight is 436 g/mol. The maximum absolute atomic E-state index is 13.0. The molecule has 0 saturated heterocycles. The van der Waals surface area contributed by atoms with Crippen LogP contribution in [0.25, 0.3) is 11.3 Å². The summed E-state index contributed by atoms with van der Waals surface area (Å²) in [5, 5.41) is 0. The van der Waals surface area contributed by atoms with Gasteiger partial charge >= 0.3 is 16.4 Å². The van der Waals surface area contributed by atoms with Crippen molar-refractivity contribution < 1.29 is 26.3 Å². The number of benzene rings is 1. The van der Waals surface area contributed by atoms with Crippen molar-refractivity contribution in [2.45, 2.75) is 6.18 Å². The van der Waals surface area contributed by atoms with Crippen LogP contribution in [-0.4, -0.2) is 31.5 Å². The first kappa shape index (κ1) is 20.0. The molecule has 0 saturated carbocycles. The lowest BCUT2D eigenvalue weighted by Crippen LogP contribution is -2.42. The number of nitrogens with zero attached hydrogens (tertiary/aromatic N) is 3. The molecule has 3 heterocycles. The van der Waals surface area contributed by atoms with Gasteiger partial charge in [-0.2, -0.15) is 21.6 Å². The van der Waals surface area contributed by atoms with Crippen LogP contribution in [0.4, 0.5) is 24.7 Å². The van der Waals surface area contributed by atoms with Crippen molar-refractivity contribution in [2.75, 3.05) is 22.2 Å². The Hall–Kier alpha value is -3.34. The zero-order chi connectivity index (χ0) is 21.4. The van der Waals surface area contributed by atoms with E-state index in [4.69, 9.17) is 4.74 Å². The van der Waals surface area contributed by atoms with Gasteiger partial charge in [0.05, 0.1) is 23.5 Å². The predicted octanol–water partition coefficient (Wildman–Crippen LogP) is 3.72. The average Bonchev–Trinajstić information content (AvgIpc) is 2.73. The Morgan fingerprint density at radius 1 is 1.07 bits per heavy atom. The largest absolute Gasteiger partial charge is 0.488 e. The van der Waals surface area contributed by atoms with Crippen molar-refractivity contribution in [2.24, 2.45) is 0 Å². The molecule has 1 aliphatic heterocycles. The van der Waals surface area contributed by atoms with E-state index >= 15 is 0 Å². The van der Waals surface area contributed by atoms with E-state index in [-0.39, 0.29) is 36.0 Å². The molecule has 4 rings (SSSR count). The third-order valence-electron chi connectivity index (χ3n) is 4.33. The van der Waals surface area contributed by atoms with E-state index < -0.39 is 21.9 Å². The molecular formula is C19H15F3N4O3S. The summed E-state index contributed by atoms with van der Waals surface area (Å²) >= 11 is 0. The van der Waals surface area contributed by atoms with Crippen LogP contribution in [0, 0.1) is 0 Å². The molecule has 30 heavy (non-hydrogen) atoms. The molecule has 7 nitrogen and oxygen atoms in total. The van der Waals surface area contributed by atoms with Crippen LogP contribution in [0.5, 0.6) is 5.75 Å². The molecule has 0 atom stereocenters. The van der Waals surface area contributed by atoms with Crippen molar-refractivity contribution in [3.8, 4) is 17.0 Å². The number of rotatable bonds is 4. The van der Waals surface area contributed by atoms with Crippen LogP contribution >= 0.6 is 0 Å². The minimum Gasteiger partial charge on any atom is -0.488 e. The van der Waals surface area contributed by atoms with E-state index in [1.54, 1.807) is 0 Å². The number of fused-ring (bicyclic) bond motifs is 1. The maximum atomic E-state index is 13.0. The lowest BCUT2D eigenvalue weighted by molar-refractivity contribution is -0.137. The number of ether oxygens (including phenoxy) is 1. The van der Waals surface area contributed by atoms with E-state index in [0.717, 1.165) is 16.4 Å². The lowest BCUT2D eigenvalue weighted by atomic mass is 10.1. The van der Waals surface area contributed by atoms with Crippen LogP contribution in [0.2, 0.25) is 0 Å². The molecule has 0 spiro atoms. The first-order valence-corrected chi connectivity index (χ1v) is 10.2. The molecule has 156 valence electrons. The summed E-state index contributed by atoms with van der Waals surface area (Å²) in [4.78, 5) is 8.13. The number of alkyl halides is 3. The third kappa shape index (κ3) is 4.01. The predicted molar refractivity (Wildman–Crippen MR) is 104 cm³/mol. The van der Waals surface area contributed by atoms with Gasteiger partial charge in [-0.25, -0.2) is 9.29 Å². The molecule has 0 unspecified atom stereocenters. The van der Waals surface area contributed by atoms with Gasteiger partial charge in [0.2, 0.25) is 0 Å². The molecule has 0 amide bonds. The fraction of sp³-hybridized carbons (Fsp3) is 0.158. The summed E-state index contributed by atoms with van der Waals surface area (Å²) in [7, 11) is -4.05. The van der Waals surface area contributed by atoms with Crippen LogP contribution in [0.3, 0.4) is 0 Å². The molecule has 3 aromatic rings. The quantitative estimate of drug-likeness (QED) is 0.674. The minimum atomic E-state index is -4.50. The number of anilines is 2. The standard InChI is InChI=1S/C19H15F3N4O3S/c20-19(21,22)14-3-1-2-13(12-14)16-4-5-17-18(24-16)26(10-11-29-17)30(27,28)25-15-6-8-23-9-7-15/h1-9,12H,10-11H2,(H,23,25). The molecule has 1 aromatic carbocycles. The van der Waals surface area contributed by atoms with E-state index in [9.17, 15) is 21.6 Å². The number of halogens is 3. The smallest absolute Gasteiger partial charge is 0.416 e. The molecule has 0 bridgehead atoms. The van der Waals surface area contributed by atoms with Crippen molar-refractivity contribution >= 4 is 21.7 Å². The molecular weight excluding hydrogens is 421 g/mol. The summed E-state index contributed by atoms with van der Waals surface area (Å²) < 4.78 is 73.9. The Labute approximate surface area is 170 Å². The maximum Gasteiger partial charge on any atom is 0.416 e. The van der Waals surface area contributed by atoms with Crippen LogP contribution < -0.4 is 13.8 Å². The van der Waals surface area contributed by atoms with E-state index in [0.29, 0.717) is 5.69 Å². The SMILES string of the molecule is O=S(=O)(Nc1ccncc1)N1CCOc2ccc(-c3cccc(C(F)(F)F)c3)nc21. The van der Waals surface area contributed by atoms with Gasteiger partial charge in [0, 0.05) is 18.0 Å². The van der Waals surface area contributed by atoms with Gasteiger partial charge in [-0.1, -0.05) is 12.1 Å². The molecule has 2 aromatic heterocycles. The minimum absolute atomic E-state index is 0.00211. The second-order valence-corrected chi connectivity index (χ2v) is 7.96. The van der Waals surface area contributed by atoms with Crippen LogP contribution in [0.15, 0.2) is 60.9 Å². The second kappa shape index (κ2) is 7.48. The summed E-state index contributed by atoms with van der Waals surface area (Å²) in [6, 6.07) is 10.6. The highest BCUT2D eigenvalue weighted by atomic mass is 32.2. The first-order valence-electron chi connectivity index (χ1n) is 8.76. The summed E-state index contributed by atoms with van der Waals surface area (Å²) in [6.07, 6.45) is -1.62. The number of aromatic nitrogens is 2. The third-order valence-corrected chi connectivity index (χ3v) is 5.76. The van der Waals surface area contributed by atoms with E-state index in [1.807, 2.05) is 0 Å². The number of hydrogen-bond acceptors (Lipinski definition) is 5. The fourth-order valence-electron chi connectivity index (χ4n) is 2.94. The molecule has 0 aliphatic carbocycles. The monoisotopic (exact) mass is 436 g/mol. The molecule has 1 aliphatic rings.